The van der Waals surface area contributed by atoms with Crippen molar-refractivity contribution in [2.75, 3.05) is 13.2 Å². The largest absolute Gasteiger partial charge is 0.490 e. The topological polar surface area (TPSA) is 38.8 Å². The van der Waals surface area contributed by atoms with Gasteiger partial charge in [0.15, 0.2) is 11.5 Å². The minimum absolute atomic E-state index is 0.0552. The van der Waals surface area contributed by atoms with E-state index in [1.54, 1.807) is 4.90 Å². The first kappa shape index (κ1) is 23.1. The predicted molar refractivity (Wildman–Crippen MR) is 133 cm³/mol. The van der Waals surface area contributed by atoms with Crippen LogP contribution >= 0.6 is 24.0 Å². The number of rotatable bonds is 9. The van der Waals surface area contributed by atoms with Crippen LogP contribution in [0.15, 0.2) is 54.0 Å². The van der Waals surface area contributed by atoms with Gasteiger partial charge < -0.3 is 9.47 Å². The van der Waals surface area contributed by atoms with Gasteiger partial charge in [-0.1, -0.05) is 59.9 Å². The molecular weight excluding hydrogens is 426 g/mol. The van der Waals surface area contributed by atoms with Crippen LogP contribution in [0, 0.1) is 6.92 Å². The molecule has 1 amide bonds. The quantitative estimate of drug-likeness (QED) is 0.268. The van der Waals surface area contributed by atoms with Gasteiger partial charge in [0.2, 0.25) is 0 Å². The van der Waals surface area contributed by atoms with Crippen LogP contribution in [-0.2, 0) is 17.8 Å². The summed E-state index contributed by atoms with van der Waals surface area (Å²) in [6.45, 7) is 11.3. The summed E-state index contributed by atoms with van der Waals surface area (Å²) in [5.41, 5.74) is 4.14. The molecule has 0 saturated carbocycles. The third-order valence-corrected chi connectivity index (χ3v) is 6.19. The Hall–Kier alpha value is -2.57. The smallest absolute Gasteiger partial charge is 0.266 e. The fraction of sp³-hybridized carbons (Fsp3) is 0.280. The lowest BCUT2D eigenvalue weighted by Gasteiger charge is -2.17. The Morgan fingerprint density at radius 3 is 2.52 bits per heavy atom. The van der Waals surface area contributed by atoms with E-state index < -0.39 is 0 Å². The Morgan fingerprint density at radius 1 is 1.16 bits per heavy atom. The Balaban J connectivity index is 1.95. The number of nitrogens with zero attached hydrogens (tertiary/aromatic N) is 1. The predicted octanol–water partition coefficient (Wildman–Crippen LogP) is 5.92. The number of aryl methyl sites for hydroxylation is 1. The molecule has 162 valence electrons. The molecular formula is C25H27NO3S2. The Labute approximate surface area is 193 Å². The second kappa shape index (κ2) is 10.6. The number of carbonyl (C=O) groups excluding carboxylic acids is 1. The van der Waals surface area contributed by atoms with Crippen molar-refractivity contribution in [3.8, 4) is 11.5 Å². The lowest BCUT2D eigenvalue weighted by Crippen LogP contribution is -2.27. The van der Waals surface area contributed by atoms with E-state index in [1.807, 2.05) is 38.1 Å². The van der Waals surface area contributed by atoms with Crippen LogP contribution in [0.5, 0.6) is 11.5 Å². The summed E-state index contributed by atoms with van der Waals surface area (Å²) in [6, 6.07) is 12.2. The maximum absolute atomic E-state index is 12.6. The molecule has 0 unspecified atom stereocenters. The van der Waals surface area contributed by atoms with Gasteiger partial charge in [0.1, 0.15) is 10.9 Å². The summed E-state index contributed by atoms with van der Waals surface area (Å²) in [5.74, 6) is 1.31. The first-order valence-electron chi connectivity index (χ1n) is 10.3. The minimum Gasteiger partial charge on any atom is -0.490 e. The van der Waals surface area contributed by atoms with Crippen molar-refractivity contribution >= 4 is 40.3 Å². The number of likely N-dealkylation sites (N-methyl/N-ethyl adjacent to an activating group) is 1. The number of benzene rings is 2. The lowest BCUT2D eigenvalue weighted by molar-refractivity contribution is -0.121. The van der Waals surface area contributed by atoms with E-state index in [4.69, 9.17) is 21.7 Å². The fourth-order valence-corrected chi connectivity index (χ4v) is 4.65. The van der Waals surface area contributed by atoms with Crippen molar-refractivity contribution in [2.45, 2.75) is 33.8 Å². The first-order valence-corrected chi connectivity index (χ1v) is 11.5. The van der Waals surface area contributed by atoms with E-state index in [0.717, 1.165) is 16.7 Å². The highest BCUT2D eigenvalue weighted by Crippen LogP contribution is 2.37. The van der Waals surface area contributed by atoms with E-state index in [9.17, 15) is 4.79 Å². The molecule has 2 aromatic carbocycles. The molecule has 31 heavy (non-hydrogen) atoms. The Morgan fingerprint density at radius 2 is 1.90 bits per heavy atom. The molecule has 0 aromatic heterocycles. The maximum atomic E-state index is 12.6. The van der Waals surface area contributed by atoms with E-state index in [2.05, 4.69) is 37.8 Å². The molecule has 2 aromatic rings. The Bertz CT molecular complexity index is 1010. The van der Waals surface area contributed by atoms with Crippen molar-refractivity contribution < 1.29 is 14.3 Å². The van der Waals surface area contributed by atoms with Gasteiger partial charge in [-0.3, -0.25) is 9.69 Å². The molecule has 0 atom stereocenters. The number of ether oxygens (including phenoxy) is 2. The summed E-state index contributed by atoms with van der Waals surface area (Å²) in [5, 5.41) is 0. The van der Waals surface area contributed by atoms with Gasteiger partial charge >= 0.3 is 0 Å². The summed E-state index contributed by atoms with van der Waals surface area (Å²) in [4.78, 5) is 14.8. The zero-order valence-electron chi connectivity index (χ0n) is 18.1. The molecule has 0 aliphatic carbocycles. The van der Waals surface area contributed by atoms with Crippen molar-refractivity contribution in [1.82, 2.24) is 4.90 Å². The highest BCUT2D eigenvalue weighted by molar-refractivity contribution is 8.26. The van der Waals surface area contributed by atoms with E-state index in [0.29, 0.717) is 46.9 Å². The number of hydrogen-bond donors (Lipinski definition) is 0. The first-order chi connectivity index (χ1) is 15.0. The van der Waals surface area contributed by atoms with E-state index >= 15 is 0 Å². The highest BCUT2D eigenvalue weighted by Gasteiger charge is 2.30. The molecule has 4 nitrogen and oxygen atoms in total. The van der Waals surface area contributed by atoms with Gasteiger partial charge in [-0.2, -0.15) is 0 Å². The third-order valence-electron chi connectivity index (χ3n) is 4.81. The lowest BCUT2D eigenvalue weighted by atomic mass is 10.0. The van der Waals surface area contributed by atoms with Crippen LogP contribution in [-0.4, -0.2) is 28.3 Å². The van der Waals surface area contributed by atoms with Gasteiger partial charge in [0, 0.05) is 12.1 Å². The van der Waals surface area contributed by atoms with Crippen molar-refractivity contribution in [1.29, 1.82) is 0 Å². The van der Waals surface area contributed by atoms with Gasteiger partial charge in [-0.05, 0) is 56.5 Å². The zero-order valence-corrected chi connectivity index (χ0v) is 19.8. The zero-order chi connectivity index (χ0) is 22.4. The maximum Gasteiger partial charge on any atom is 0.266 e. The van der Waals surface area contributed by atoms with Gasteiger partial charge in [0.05, 0.1) is 11.5 Å². The standard InChI is InChI=1S/C25H27NO3S2/c1-5-8-20-13-19(15-22-24(27)26(6-2)25(30)31-22)14-21(28-7-3)23(20)29-16-18-11-9-17(4)10-12-18/h5,9-15H,1,6-8,16H2,2-4H3/b22-15-. The summed E-state index contributed by atoms with van der Waals surface area (Å²) in [6.07, 6.45) is 4.33. The van der Waals surface area contributed by atoms with Crippen LogP contribution in [0.1, 0.15) is 36.1 Å². The van der Waals surface area contributed by atoms with Crippen LogP contribution in [0.3, 0.4) is 0 Å². The van der Waals surface area contributed by atoms with Crippen LogP contribution in [0.2, 0.25) is 0 Å². The molecule has 1 aliphatic rings. The molecule has 0 spiro atoms. The number of amides is 1. The number of thioether (sulfide) groups is 1. The second-order valence-electron chi connectivity index (χ2n) is 7.13. The SMILES string of the molecule is C=CCc1cc(/C=C2\SC(=S)N(CC)C2=O)cc(OCC)c1OCc1ccc(C)cc1. The van der Waals surface area contributed by atoms with Crippen molar-refractivity contribution in [3.05, 3.63) is 76.2 Å². The van der Waals surface area contributed by atoms with Crippen molar-refractivity contribution in [2.24, 2.45) is 0 Å². The van der Waals surface area contributed by atoms with Crippen molar-refractivity contribution in [3.63, 3.8) is 0 Å². The average Bonchev–Trinajstić information content (AvgIpc) is 3.01. The fourth-order valence-electron chi connectivity index (χ4n) is 3.26. The minimum atomic E-state index is -0.0552. The molecule has 3 rings (SSSR count). The molecule has 1 saturated heterocycles. The number of allylic oxidation sites excluding steroid dienone is 1. The van der Waals surface area contributed by atoms with E-state index in [1.165, 1.54) is 17.3 Å². The van der Waals surface area contributed by atoms with Gasteiger partial charge in [0.25, 0.3) is 5.91 Å². The molecule has 0 radical (unpaired) electrons. The molecule has 0 bridgehead atoms. The molecule has 6 heteroatoms. The molecule has 1 heterocycles. The molecule has 1 fully saturated rings. The average molecular weight is 454 g/mol. The van der Waals surface area contributed by atoms with E-state index in [-0.39, 0.29) is 5.91 Å². The van der Waals surface area contributed by atoms with Crippen LogP contribution in [0.4, 0.5) is 0 Å². The number of carbonyl (C=O) groups is 1. The third kappa shape index (κ3) is 5.57. The summed E-state index contributed by atoms with van der Waals surface area (Å²) in [7, 11) is 0. The summed E-state index contributed by atoms with van der Waals surface area (Å²) < 4.78 is 12.7. The normalized spacial score (nSPS) is 14.9. The van der Waals surface area contributed by atoms with Crippen LogP contribution in [0.25, 0.3) is 6.08 Å². The monoisotopic (exact) mass is 453 g/mol. The summed E-state index contributed by atoms with van der Waals surface area (Å²) >= 11 is 6.65. The number of thiocarbonyl (C=S) groups is 1. The Kier molecular flexibility index (Phi) is 7.93. The number of hydrogen-bond acceptors (Lipinski definition) is 5. The molecule has 1 aliphatic heterocycles. The van der Waals surface area contributed by atoms with Crippen LogP contribution < -0.4 is 9.47 Å². The van der Waals surface area contributed by atoms with Gasteiger partial charge in [-0.15, -0.1) is 6.58 Å². The molecule has 0 N–H and O–H groups in total. The second-order valence-corrected chi connectivity index (χ2v) is 8.81. The van der Waals surface area contributed by atoms with Gasteiger partial charge in [-0.25, -0.2) is 0 Å². The highest BCUT2D eigenvalue weighted by atomic mass is 32.2.